The van der Waals surface area contributed by atoms with Gasteiger partial charge >= 0.3 is 0 Å². The summed E-state index contributed by atoms with van der Waals surface area (Å²) in [6.07, 6.45) is 6.52. The lowest BCUT2D eigenvalue weighted by Gasteiger charge is -2.11. The van der Waals surface area contributed by atoms with Crippen LogP contribution in [0.3, 0.4) is 0 Å². The van der Waals surface area contributed by atoms with Crippen LogP contribution in [-0.2, 0) is 21.2 Å². The van der Waals surface area contributed by atoms with Crippen molar-refractivity contribution in [3.05, 3.63) is 42.5 Å². The van der Waals surface area contributed by atoms with Crippen LogP contribution in [0, 0.1) is 0 Å². The van der Waals surface area contributed by atoms with Gasteiger partial charge in [0.25, 0.3) is 0 Å². The van der Waals surface area contributed by atoms with E-state index in [1.807, 2.05) is 12.1 Å². The molecule has 1 fully saturated rings. The smallest absolute Gasteiger partial charge is 0.225 e. The van der Waals surface area contributed by atoms with E-state index in [1.54, 1.807) is 23.1 Å². The third-order valence-corrected chi connectivity index (χ3v) is 6.73. The molecule has 1 aromatic carbocycles. The Balaban J connectivity index is 1.49. The van der Waals surface area contributed by atoms with E-state index in [9.17, 15) is 13.2 Å². The summed E-state index contributed by atoms with van der Waals surface area (Å²) in [6, 6.07) is 7.39. The minimum absolute atomic E-state index is 0.000455. The Labute approximate surface area is 147 Å². The summed E-state index contributed by atoms with van der Waals surface area (Å²) < 4.78 is 26.1. The summed E-state index contributed by atoms with van der Waals surface area (Å²) >= 11 is 0. The Morgan fingerprint density at radius 3 is 2.56 bits per heavy atom. The normalized spacial score (nSPS) is 15.4. The molecule has 134 valence electrons. The summed E-state index contributed by atoms with van der Waals surface area (Å²) in [5.41, 5.74) is 1.69. The zero-order chi connectivity index (χ0) is 17.7. The Kier molecular flexibility index (Phi) is 5.47. The first kappa shape index (κ1) is 17.6. The fraction of sp³-hybridized carbons (Fsp3) is 0.471. The number of aromatic nitrogens is 3. The number of carbonyl (C=O) groups is 1. The van der Waals surface area contributed by atoms with Gasteiger partial charge in [0.15, 0.2) is 9.84 Å². The maximum Gasteiger partial charge on any atom is 0.225 e. The van der Waals surface area contributed by atoms with Crippen LogP contribution in [0.2, 0.25) is 0 Å². The lowest BCUT2D eigenvalue weighted by atomic mass is 10.2. The zero-order valence-corrected chi connectivity index (χ0v) is 14.8. The van der Waals surface area contributed by atoms with Crippen LogP contribution < -0.4 is 5.32 Å². The molecule has 0 atom stereocenters. The molecule has 3 rings (SSSR count). The molecule has 8 heteroatoms. The number of carbonyl (C=O) groups excluding carboxylic acids is 1. The first-order chi connectivity index (χ1) is 12.0. The van der Waals surface area contributed by atoms with Gasteiger partial charge in [-0.3, -0.25) is 4.79 Å². The van der Waals surface area contributed by atoms with Crippen LogP contribution in [0.15, 0.2) is 36.9 Å². The van der Waals surface area contributed by atoms with Crippen molar-refractivity contribution in [1.82, 2.24) is 14.8 Å². The van der Waals surface area contributed by atoms with Gasteiger partial charge in [-0.25, -0.2) is 18.1 Å². The molecule has 0 radical (unpaired) electrons. The van der Waals surface area contributed by atoms with E-state index in [0.717, 1.165) is 31.2 Å². The number of nitrogens with one attached hydrogen (secondary N) is 1. The fourth-order valence-electron chi connectivity index (χ4n) is 3.07. The molecular weight excluding hydrogens is 340 g/mol. The second-order valence-corrected chi connectivity index (χ2v) is 8.76. The van der Waals surface area contributed by atoms with Crippen molar-refractivity contribution >= 4 is 21.4 Å². The molecule has 7 nitrogen and oxygen atoms in total. The molecule has 0 aliphatic heterocycles. The van der Waals surface area contributed by atoms with Gasteiger partial charge in [-0.1, -0.05) is 25.0 Å². The number of rotatable bonds is 7. The Morgan fingerprint density at radius 1 is 1.20 bits per heavy atom. The number of hydrogen-bond donors (Lipinski definition) is 1. The predicted octanol–water partition coefficient (Wildman–Crippen LogP) is 2.01. The molecule has 0 spiro atoms. The Bertz CT molecular complexity index is 795. The SMILES string of the molecule is O=C(CCS(=O)(=O)C1CCCC1)Nc1ccc(Cn2cncn2)cc1. The predicted molar refractivity (Wildman–Crippen MR) is 94.9 cm³/mol. The van der Waals surface area contributed by atoms with Crippen molar-refractivity contribution < 1.29 is 13.2 Å². The van der Waals surface area contributed by atoms with Gasteiger partial charge < -0.3 is 5.32 Å². The molecule has 2 aromatic rings. The average Bonchev–Trinajstić information content (AvgIpc) is 3.29. The highest BCUT2D eigenvalue weighted by molar-refractivity contribution is 7.92. The third-order valence-electron chi connectivity index (χ3n) is 4.47. The van der Waals surface area contributed by atoms with Gasteiger partial charge in [0.1, 0.15) is 12.7 Å². The standard InChI is InChI=1S/C17H22N4O3S/c22-17(9-10-25(23,24)16-3-1-2-4-16)20-15-7-5-14(6-8-15)11-21-13-18-12-19-21/h5-8,12-13,16H,1-4,9-11H2,(H,20,22). The monoisotopic (exact) mass is 362 g/mol. The summed E-state index contributed by atoms with van der Waals surface area (Å²) in [5.74, 6) is -0.348. The van der Waals surface area contributed by atoms with E-state index in [-0.39, 0.29) is 23.3 Å². The molecule has 0 unspecified atom stereocenters. The van der Waals surface area contributed by atoms with E-state index < -0.39 is 9.84 Å². The van der Waals surface area contributed by atoms with Crippen LogP contribution in [0.25, 0.3) is 0 Å². The van der Waals surface area contributed by atoms with Gasteiger partial charge in [0, 0.05) is 12.1 Å². The molecule has 1 saturated carbocycles. The van der Waals surface area contributed by atoms with Gasteiger partial charge in [-0.05, 0) is 30.5 Å². The largest absolute Gasteiger partial charge is 0.326 e. The van der Waals surface area contributed by atoms with Gasteiger partial charge in [-0.15, -0.1) is 0 Å². The zero-order valence-electron chi connectivity index (χ0n) is 14.0. The van der Waals surface area contributed by atoms with Crippen molar-refractivity contribution in [3.63, 3.8) is 0 Å². The second kappa shape index (κ2) is 7.77. The van der Waals surface area contributed by atoms with Gasteiger partial charge in [0.05, 0.1) is 17.5 Å². The second-order valence-electron chi connectivity index (χ2n) is 6.36. The fourth-order valence-corrected chi connectivity index (χ4v) is 4.92. The number of benzene rings is 1. The number of anilines is 1. The van der Waals surface area contributed by atoms with E-state index in [0.29, 0.717) is 12.2 Å². The van der Waals surface area contributed by atoms with Gasteiger partial charge in [-0.2, -0.15) is 5.10 Å². The topological polar surface area (TPSA) is 94.0 Å². The molecule has 1 heterocycles. The lowest BCUT2D eigenvalue weighted by molar-refractivity contribution is -0.115. The van der Waals surface area contributed by atoms with Crippen molar-refractivity contribution in [1.29, 1.82) is 0 Å². The minimum atomic E-state index is -3.16. The summed E-state index contributed by atoms with van der Waals surface area (Å²) in [6.45, 7) is 0.605. The van der Waals surface area contributed by atoms with Crippen molar-refractivity contribution in [2.75, 3.05) is 11.1 Å². The number of nitrogens with zero attached hydrogens (tertiary/aromatic N) is 3. The first-order valence-corrected chi connectivity index (χ1v) is 10.2. The van der Waals surface area contributed by atoms with Crippen molar-refractivity contribution in [2.24, 2.45) is 0 Å². The Morgan fingerprint density at radius 2 is 1.92 bits per heavy atom. The van der Waals surface area contributed by atoms with Crippen molar-refractivity contribution in [3.8, 4) is 0 Å². The van der Waals surface area contributed by atoms with Crippen molar-refractivity contribution in [2.45, 2.75) is 43.9 Å². The van der Waals surface area contributed by atoms with Crippen LogP contribution in [0.1, 0.15) is 37.7 Å². The number of amides is 1. The molecular formula is C17H22N4O3S. The quantitative estimate of drug-likeness (QED) is 0.813. The van der Waals surface area contributed by atoms with Crippen LogP contribution in [0.4, 0.5) is 5.69 Å². The highest BCUT2D eigenvalue weighted by Crippen LogP contribution is 2.25. The van der Waals surface area contributed by atoms with Crippen LogP contribution in [-0.4, -0.2) is 40.1 Å². The molecule has 1 aliphatic carbocycles. The summed E-state index contributed by atoms with van der Waals surface area (Å²) in [5, 5.41) is 6.54. The van der Waals surface area contributed by atoms with Gasteiger partial charge in [0.2, 0.25) is 5.91 Å². The summed E-state index contributed by atoms with van der Waals surface area (Å²) in [4.78, 5) is 15.9. The molecule has 1 amide bonds. The minimum Gasteiger partial charge on any atom is -0.326 e. The molecule has 1 N–H and O–H groups in total. The first-order valence-electron chi connectivity index (χ1n) is 8.46. The highest BCUT2D eigenvalue weighted by atomic mass is 32.2. The molecule has 1 aromatic heterocycles. The third kappa shape index (κ3) is 4.88. The van der Waals surface area contributed by atoms with E-state index in [1.165, 1.54) is 6.33 Å². The molecule has 0 bridgehead atoms. The molecule has 25 heavy (non-hydrogen) atoms. The number of hydrogen-bond acceptors (Lipinski definition) is 5. The van der Waals surface area contributed by atoms with Crippen LogP contribution in [0.5, 0.6) is 0 Å². The maximum atomic E-state index is 12.2. The lowest BCUT2D eigenvalue weighted by Crippen LogP contribution is -2.24. The van der Waals surface area contributed by atoms with E-state index in [2.05, 4.69) is 15.4 Å². The molecule has 1 aliphatic rings. The average molecular weight is 362 g/mol. The van der Waals surface area contributed by atoms with Crippen LogP contribution >= 0.6 is 0 Å². The summed E-state index contributed by atoms with van der Waals surface area (Å²) in [7, 11) is -3.16. The number of sulfone groups is 1. The van der Waals surface area contributed by atoms with E-state index in [4.69, 9.17) is 0 Å². The van der Waals surface area contributed by atoms with E-state index >= 15 is 0 Å². The maximum absolute atomic E-state index is 12.2. The Hall–Kier alpha value is -2.22. The highest BCUT2D eigenvalue weighted by Gasteiger charge is 2.28. The molecule has 0 saturated heterocycles.